The van der Waals surface area contributed by atoms with E-state index < -0.39 is 5.91 Å². The number of hydrogen-bond acceptors (Lipinski definition) is 0. The van der Waals surface area contributed by atoms with E-state index in [1.807, 2.05) is 36.4 Å². The molecule has 1 spiro atoms. The second kappa shape index (κ2) is 11.4. The fraction of sp³-hybridized carbons (Fsp3) is 0.106. The number of nitrogens with zero attached hydrogens (tertiary/aromatic N) is 4. The minimum atomic E-state index is -0.674. The molecule has 6 aromatic rings. The first-order valence-corrected chi connectivity index (χ1v) is 17.9. The molecule has 0 saturated heterocycles. The zero-order chi connectivity index (χ0) is 34.1. The van der Waals surface area contributed by atoms with Gasteiger partial charge >= 0.3 is 5.91 Å². The van der Waals surface area contributed by atoms with E-state index in [1.54, 1.807) is 0 Å². The second-order valence-electron chi connectivity index (χ2n) is 13.8. The monoisotopic (exact) mass is 658 g/mol. The molecule has 7 heterocycles. The van der Waals surface area contributed by atoms with Crippen LogP contribution in [0.4, 0.5) is 0 Å². The standard InChI is InChI=1S/C41H32N4.C6H6/c1-27-13-12-20-32-38(28-14-6-3-7-15-28)33-23-24-36-40(30-18-10-5-11-19-30)37-26-25-35-39(29-16-8-4-9-17-29)34-22-21-31(27)43(34)41(42(32)2,44(33)36)45(35)37;1-2-4-6-5-3-1/h3-26,35,39H,1-2H3;1-6H/q+2;. The van der Waals surface area contributed by atoms with E-state index in [2.05, 4.69) is 178 Å². The maximum absolute atomic E-state index is 2.73. The van der Waals surface area contributed by atoms with Gasteiger partial charge in [-0.25, -0.2) is 4.57 Å². The summed E-state index contributed by atoms with van der Waals surface area (Å²) in [5.74, 6) is -0.512. The lowest BCUT2D eigenvalue weighted by molar-refractivity contribution is -0.875. The van der Waals surface area contributed by atoms with E-state index >= 15 is 0 Å². The smallest absolute Gasteiger partial charge is 0.203 e. The molecular formula is C47H38N4+2. The summed E-state index contributed by atoms with van der Waals surface area (Å²) >= 11 is 0. The minimum Gasteiger partial charge on any atom is -0.203 e. The average molecular weight is 659 g/mol. The number of allylic oxidation sites excluding steroid dienone is 5. The van der Waals surface area contributed by atoms with Crippen molar-refractivity contribution in [2.24, 2.45) is 0 Å². The van der Waals surface area contributed by atoms with Crippen LogP contribution in [-0.4, -0.2) is 42.8 Å². The summed E-state index contributed by atoms with van der Waals surface area (Å²) in [6.07, 6.45) is 11.7. The molecule has 4 aromatic carbocycles. The molecule has 5 aliphatic heterocycles. The Balaban J connectivity index is 0.000000498. The zero-order valence-electron chi connectivity index (χ0n) is 28.8. The zero-order valence-corrected chi connectivity index (χ0v) is 28.8. The Bertz CT molecular complexity index is 2610. The van der Waals surface area contributed by atoms with Gasteiger partial charge in [-0.1, -0.05) is 140 Å². The van der Waals surface area contributed by atoms with Crippen LogP contribution in [0.1, 0.15) is 40.9 Å². The lowest BCUT2D eigenvalue weighted by atomic mass is 9.85. The Morgan fingerprint density at radius 3 is 1.73 bits per heavy atom. The lowest BCUT2D eigenvalue weighted by Crippen LogP contribution is -2.73. The van der Waals surface area contributed by atoms with Gasteiger partial charge < -0.3 is 0 Å². The first-order valence-electron chi connectivity index (χ1n) is 17.9. The van der Waals surface area contributed by atoms with E-state index in [9.17, 15) is 0 Å². The van der Waals surface area contributed by atoms with E-state index in [-0.39, 0.29) is 12.0 Å². The number of aromatic nitrogens is 2. The third kappa shape index (κ3) is 4.08. The van der Waals surface area contributed by atoms with Crippen molar-refractivity contribution in [1.82, 2.24) is 9.13 Å². The highest BCUT2D eigenvalue weighted by atomic mass is 15.6. The maximum Gasteiger partial charge on any atom is 0.543 e. The normalized spacial score (nSPS) is 21.7. The Morgan fingerprint density at radius 1 is 0.569 bits per heavy atom. The van der Waals surface area contributed by atoms with Gasteiger partial charge in [-0.2, -0.15) is 4.57 Å². The van der Waals surface area contributed by atoms with Gasteiger partial charge in [0.1, 0.15) is 7.05 Å². The number of benzene rings is 4. The molecule has 2 bridgehead atoms. The first kappa shape index (κ1) is 29.6. The van der Waals surface area contributed by atoms with Gasteiger partial charge in [0.2, 0.25) is 11.4 Å². The number of hydrogen-bond donors (Lipinski definition) is 0. The molecule has 3 atom stereocenters. The largest absolute Gasteiger partial charge is 0.543 e. The van der Waals surface area contributed by atoms with Crippen molar-refractivity contribution in [3.05, 3.63) is 221 Å². The Hall–Kier alpha value is -6.26. The first-order chi connectivity index (χ1) is 25.2. The third-order valence-corrected chi connectivity index (χ3v) is 11.2. The van der Waals surface area contributed by atoms with E-state index in [1.165, 1.54) is 66.9 Å². The highest BCUT2D eigenvalue weighted by Crippen LogP contribution is 2.48. The van der Waals surface area contributed by atoms with E-state index in [4.69, 9.17) is 0 Å². The van der Waals surface area contributed by atoms with Gasteiger partial charge in [-0.05, 0) is 59.5 Å². The van der Waals surface area contributed by atoms with E-state index in [0.29, 0.717) is 0 Å². The predicted octanol–water partition coefficient (Wildman–Crippen LogP) is 7.11. The summed E-state index contributed by atoms with van der Waals surface area (Å²) in [6, 6.07) is 54.5. The van der Waals surface area contributed by atoms with Crippen molar-refractivity contribution in [2.75, 3.05) is 7.05 Å². The van der Waals surface area contributed by atoms with Crippen molar-refractivity contribution in [3.63, 3.8) is 0 Å². The van der Waals surface area contributed by atoms with E-state index in [0.717, 1.165) is 0 Å². The molecule has 2 aromatic heterocycles. The van der Waals surface area contributed by atoms with Crippen LogP contribution < -0.4 is 10.7 Å². The molecule has 0 fully saturated rings. The van der Waals surface area contributed by atoms with Crippen LogP contribution in [0.2, 0.25) is 0 Å². The van der Waals surface area contributed by atoms with Crippen molar-refractivity contribution < 1.29 is 9.15 Å². The second-order valence-corrected chi connectivity index (χ2v) is 13.8. The topological polar surface area (TPSA) is 15.9 Å². The summed E-state index contributed by atoms with van der Waals surface area (Å²) in [5, 5.41) is 2.47. The fourth-order valence-corrected chi connectivity index (χ4v) is 9.15. The predicted molar refractivity (Wildman–Crippen MR) is 206 cm³/mol. The van der Waals surface area contributed by atoms with Crippen molar-refractivity contribution in [2.45, 2.75) is 24.8 Å². The van der Waals surface area contributed by atoms with Crippen molar-refractivity contribution >= 4 is 28.1 Å². The third-order valence-electron chi connectivity index (χ3n) is 11.2. The van der Waals surface area contributed by atoms with Gasteiger partial charge in [0, 0.05) is 17.8 Å². The molecule has 4 heteroatoms. The quantitative estimate of drug-likeness (QED) is 0.180. The molecule has 11 rings (SSSR count). The molecule has 0 amide bonds. The van der Waals surface area contributed by atoms with Crippen molar-refractivity contribution in [1.29, 1.82) is 0 Å². The Morgan fingerprint density at radius 2 is 1.12 bits per heavy atom. The van der Waals surface area contributed by atoms with Crippen LogP contribution in [-0.2, 0) is 5.91 Å². The molecule has 5 aliphatic rings. The summed E-state index contributed by atoms with van der Waals surface area (Å²) in [7, 11) is 2.30. The van der Waals surface area contributed by atoms with Crippen LogP contribution in [0.15, 0.2) is 182 Å². The van der Waals surface area contributed by atoms with Gasteiger partial charge in [0.25, 0.3) is 0 Å². The van der Waals surface area contributed by atoms with Crippen LogP contribution in [0.25, 0.3) is 16.7 Å². The van der Waals surface area contributed by atoms with Crippen molar-refractivity contribution in [3.8, 4) is 0 Å². The summed E-state index contributed by atoms with van der Waals surface area (Å²) in [5.41, 5.74) is 12.6. The maximum atomic E-state index is 2.73. The van der Waals surface area contributed by atoms with Crippen LogP contribution in [0.3, 0.4) is 0 Å². The molecule has 0 N–H and O–H groups in total. The molecule has 0 saturated carbocycles. The minimum absolute atomic E-state index is 0.121. The highest BCUT2D eigenvalue weighted by Gasteiger charge is 2.70. The van der Waals surface area contributed by atoms with Gasteiger partial charge in [-0.15, -0.1) is 9.15 Å². The molecule has 4 nitrogen and oxygen atoms in total. The number of rotatable bonds is 3. The Kier molecular flexibility index (Phi) is 6.62. The summed E-state index contributed by atoms with van der Waals surface area (Å²) in [4.78, 5) is 0. The summed E-state index contributed by atoms with van der Waals surface area (Å²) < 4.78 is 10.6. The van der Waals surface area contributed by atoms with Crippen LogP contribution in [0.5, 0.6) is 0 Å². The Labute approximate surface area is 298 Å². The average Bonchev–Trinajstić information content (AvgIpc) is 3.95. The molecule has 244 valence electrons. The van der Waals surface area contributed by atoms with Gasteiger partial charge in [-0.3, -0.25) is 0 Å². The van der Waals surface area contributed by atoms with Crippen LogP contribution >= 0.6 is 0 Å². The van der Waals surface area contributed by atoms with Gasteiger partial charge in [0.15, 0.2) is 6.04 Å². The molecule has 0 radical (unpaired) electrons. The van der Waals surface area contributed by atoms with Gasteiger partial charge in [0.05, 0.1) is 33.5 Å². The fourth-order valence-electron chi connectivity index (χ4n) is 9.15. The molecule has 3 unspecified atom stereocenters. The molecule has 0 aliphatic carbocycles. The lowest BCUT2D eigenvalue weighted by Gasteiger charge is -2.43. The SMILES string of the molecule is CC1=CC=CC2=[N+](C)C34n5c1ccc5C(c1ccccc1)C1C=CC(=[N+]13)C(c1ccccc1)=c1ccc(n14)=C2c1ccccc1.c1ccccc1. The molecule has 51 heavy (non-hydrogen) atoms. The summed E-state index contributed by atoms with van der Waals surface area (Å²) in [6.45, 7) is 2.25. The molecular weight excluding hydrogens is 621 g/mol. The van der Waals surface area contributed by atoms with Crippen LogP contribution in [0, 0.1) is 0 Å². The highest BCUT2D eigenvalue weighted by molar-refractivity contribution is 6.28.